The van der Waals surface area contributed by atoms with Gasteiger partial charge in [-0.25, -0.2) is 0 Å². The number of thioether (sulfide) groups is 1. The minimum absolute atomic E-state index is 0.227. The average Bonchev–Trinajstić information content (AvgIpc) is 2.49. The first kappa shape index (κ1) is 15.4. The summed E-state index contributed by atoms with van der Waals surface area (Å²) in [6.45, 7) is 2.21. The summed E-state index contributed by atoms with van der Waals surface area (Å²) in [4.78, 5) is 11.9. The molecule has 2 nitrogen and oxygen atoms in total. The lowest BCUT2D eigenvalue weighted by atomic mass is 9.95. The molecule has 1 aliphatic carbocycles. The van der Waals surface area contributed by atoms with E-state index in [1.165, 1.54) is 37.7 Å². The van der Waals surface area contributed by atoms with E-state index < -0.39 is 0 Å². The second-order valence-corrected chi connectivity index (χ2v) is 7.02. The van der Waals surface area contributed by atoms with E-state index >= 15 is 0 Å². The number of rotatable bonds is 6. The molecule has 1 saturated carbocycles. The summed E-state index contributed by atoms with van der Waals surface area (Å²) in [5.41, 5.74) is 1.34. The van der Waals surface area contributed by atoms with Crippen LogP contribution in [-0.4, -0.2) is 17.7 Å². The first-order valence-electron chi connectivity index (χ1n) is 7.71. The molecule has 110 valence electrons. The lowest BCUT2D eigenvalue weighted by molar-refractivity contribution is -0.121. The molecule has 0 heterocycles. The Morgan fingerprint density at radius 3 is 2.65 bits per heavy atom. The molecule has 0 spiro atoms. The standard InChI is InChI=1S/C17H25NOS/c1-14(15-8-4-2-5-9-15)20-13-12-17(19)18-16-10-6-3-7-11-16/h2,4-5,8-9,14,16H,3,6-7,10-13H2,1H3,(H,18,19). The average molecular weight is 291 g/mol. The Morgan fingerprint density at radius 1 is 1.25 bits per heavy atom. The van der Waals surface area contributed by atoms with Crippen molar-refractivity contribution in [2.45, 2.75) is 56.7 Å². The zero-order valence-corrected chi connectivity index (χ0v) is 13.1. The maximum Gasteiger partial charge on any atom is 0.221 e. The quantitative estimate of drug-likeness (QED) is 0.845. The Labute approximate surface area is 126 Å². The van der Waals surface area contributed by atoms with E-state index in [0.717, 1.165) is 5.75 Å². The molecule has 0 aromatic heterocycles. The first-order valence-corrected chi connectivity index (χ1v) is 8.76. The fraction of sp³-hybridized carbons (Fsp3) is 0.588. The van der Waals surface area contributed by atoms with Crippen molar-refractivity contribution in [2.24, 2.45) is 0 Å². The van der Waals surface area contributed by atoms with Crippen LogP contribution in [0.15, 0.2) is 30.3 Å². The molecule has 1 fully saturated rings. The number of benzene rings is 1. The van der Waals surface area contributed by atoms with Crippen LogP contribution in [-0.2, 0) is 4.79 Å². The smallest absolute Gasteiger partial charge is 0.221 e. The van der Waals surface area contributed by atoms with Gasteiger partial charge in [-0.3, -0.25) is 4.79 Å². The molecule has 0 saturated heterocycles. The third-order valence-electron chi connectivity index (χ3n) is 3.94. The highest BCUT2D eigenvalue weighted by Gasteiger charge is 2.15. The van der Waals surface area contributed by atoms with Crippen LogP contribution in [0.1, 0.15) is 56.3 Å². The number of carbonyl (C=O) groups excluding carboxylic acids is 1. The van der Waals surface area contributed by atoms with Crippen LogP contribution >= 0.6 is 11.8 Å². The van der Waals surface area contributed by atoms with Crippen LogP contribution in [0.4, 0.5) is 0 Å². The van der Waals surface area contributed by atoms with Crippen LogP contribution in [0.2, 0.25) is 0 Å². The Bertz CT molecular complexity index is 401. The highest BCUT2D eigenvalue weighted by Crippen LogP contribution is 2.28. The molecule has 0 aliphatic heterocycles. The first-order chi connectivity index (χ1) is 9.75. The van der Waals surface area contributed by atoms with Gasteiger partial charge in [-0.15, -0.1) is 0 Å². The van der Waals surface area contributed by atoms with Crippen LogP contribution in [0.3, 0.4) is 0 Å². The van der Waals surface area contributed by atoms with Gasteiger partial charge in [0.25, 0.3) is 0 Å². The lowest BCUT2D eigenvalue weighted by Gasteiger charge is -2.22. The molecule has 1 N–H and O–H groups in total. The van der Waals surface area contributed by atoms with Gasteiger partial charge in [0.1, 0.15) is 0 Å². The minimum atomic E-state index is 0.227. The SMILES string of the molecule is CC(SCCC(=O)NC1CCCCC1)c1ccccc1. The van der Waals surface area contributed by atoms with Crippen molar-refractivity contribution in [1.29, 1.82) is 0 Å². The van der Waals surface area contributed by atoms with Gasteiger partial charge in [-0.05, 0) is 25.3 Å². The Hall–Kier alpha value is -0.960. The Balaban J connectivity index is 1.63. The highest BCUT2D eigenvalue weighted by molar-refractivity contribution is 7.99. The predicted octanol–water partition coefficient (Wildman–Crippen LogP) is 4.32. The number of hydrogen-bond donors (Lipinski definition) is 1. The summed E-state index contributed by atoms with van der Waals surface area (Å²) in [6, 6.07) is 10.9. The van der Waals surface area contributed by atoms with Crippen molar-refractivity contribution in [2.75, 3.05) is 5.75 Å². The van der Waals surface area contributed by atoms with Gasteiger partial charge < -0.3 is 5.32 Å². The molecule has 1 amide bonds. The molecule has 3 heteroatoms. The number of hydrogen-bond acceptors (Lipinski definition) is 2. The summed E-state index contributed by atoms with van der Waals surface area (Å²) in [6.07, 6.45) is 6.84. The topological polar surface area (TPSA) is 29.1 Å². The van der Waals surface area contributed by atoms with Gasteiger partial charge in [-0.2, -0.15) is 11.8 Å². The molecule has 0 bridgehead atoms. The zero-order chi connectivity index (χ0) is 14.2. The molecule has 1 aromatic carbocycles. The number of carbonyl (C=O) groups is 1. The lowest BCUT2D eigenvalue weighted by Crippen LogP contribution is -2.36. The van der Waals surface area contributed by atoms with E-state index in [9.17, 15) is 4.79 Å². The van der Waals surface area contributed by atoms with Crippen LogP contribution in [0, 0.1) is 0 Å². The summed E-state index contributed by atoms with van der Waals surface area (Å²) in [5.74, 6) is 1.12. The minimum Gasteiger partial charge on any atom is -0.353 e. The van der Waals surface area contributed by atoms with E-state index in [-0.39, 0.29) is 5.91 Å². The van der Waals surface area contributed by atoms with Crippen LogP contribution in [0.5, 0.6) is 0 Å². The fourth-order valence-electron chi connectivity index (χ4n) is 2.70. The summed E-state index contributed by atoms with van der Waals surface area (Å²) >= 11 is 1.86. The maximum atomic E-state index is 11.9. The number of amides is 1. The van der Waals surface area contributed by atoms with Crippen molar-refractivity contribution < 1.29 is 4.79 Å². The van der Waals surface area contributed by atoms with Crippen molar-refractivity contribution in [1.82, 2.24) is 5.32 Å². The Morgan fingerprint density at radius 2 is 1.95 bits per heavy atom. The second-order valence-electron chi connectivity index (χ2n) is 5.58. The van der Waals surface area contributed by atoms with Crippen molar-refractivity contribution in [3.63, 3.8) is 0 Å². The molecule has 1 aromatic rings. The van der Waals surface area contributed by atoms with Gasteiger partial charge in [0.15, 0.2) is 0 Å². The molecule has 1 unspecified atom stereocenters. The van der Waals surface area contributed by atoms with Crippen molar-refractivity contribution >= 4 is 17.7 Å². The highest BCUT2D eigenvalue weighted by atomic mass is 32.2. The maximum absolute atomic E-state index is 11.9. The van der Waals surface area contributed by atoms with Gasteiger partial charge in [0, 0.05) is 23.5 Å². The van der Waals surface area contributed by atoms with Crippen molar-refractivity contribution in [3.8, 4) is 0 Å². The van der Waals surface area contributed by atoms with E-state index in [1.54, 1.807) is 0 Å². The molecular weight excluding hydrogens is 266 g/mol. The zero-order valence-electron chi connectivity index (χ0n) is 12.3. The van der Waals surface area contributed by atoms with Crippen molar-refractivity contribution in [3.05, 3.63) is 35.9 Å². The molecule has 1 atom stereocenters. The van der Waals surface area contributed by atoms with E-state index in [2.05, 4.69) is 36.5 Å². The molecule has 20 heavy (non-hydrogen) atoms. The predicted molar refractivity (Wildman–Crippen MR) is 86.9 cm³/mol. The normalized spacial score (nSPS) is 17.6. The number of nitrogens with one attached hydrogen (secondary N) is 1. The van der Waals surface area contributed by atoms with E-state index in [1.807, 2.05) is 17.8 Å². The van der Waals surface area contributed by atoms with E-state index in [0.29, 0.717) is 17.7 Å². The summed E-state index contributed by atoms with van der Waals surface area (Å²) in [5, 5.41) is 3.64. The summed E-state index contributed by atoms with van der Waals surface area (Å²) in [7, 11) is 0. The molecule has 1 aliphatic rings. The monoisotopic (exact) mass is 291 g/mol. The third kappa shape index (κ3) is 5.20. The van der Waals surface area contributed by atoms with Gasteiger partial charge in [-0.1, -0.05) is 49.6 Å². The molecular formula is C17H25NOS. The van der Waals surface area contributed by atoms with E-state index in [4.69, 9.17) is 0 Å². The van der Waals surface area contributed by atoms with Gasteiger partial charge in [0.05, 0.1) is 0 Å². The van der Waals surface area contributed by atoms with Crippen LogP contribution < -0.4 is 5.32 Å². The van der Waals surface area contributed by atoms with Crippen LogP contribution in [0.25, 0.3) is 0 Å². The second kappa shape index (κ2) is 8.35. The molecule has 2 rings (SSSR count). The molecule has 0 radical (unpaired) electrons. The fourth-order valence-corrected chi connectivity index (χ4v) is 3.70. The summed E-state index contributed by atoms with van der Waals surface area (Å²) < 4.78 is 0. The third-order valence-corrected chi connectivity index (χ3v) is 5.15. The largest absolute Gasteiger partial charge is 0.353 e. The Kier molecular flexibility index (Phi) is 6.44. The van der Waals surface area contributed by atoms with Gasteiger partial charge >= 0.3 is 0 Å². The van der Waals surface area contributed by atoms with Gasteiger partial charge in [0.2, 0.25) is 5.91 Å².